The van der Waals surface area contributed by atoms with Crippen LogP contribution < -0.4 is 5.32 Å². The van der Waals surface area contributed by atoms with E-state index in [1.807, 2.05) is 6.92 Å². The minimum absolute atomic E-state index is 0.00519. The van der Waals surface area contributed by atoms with Gasteiger partial charge in [-0.1, -0.05) is 27.7 Å². The lowest BCUT2D eigenvalue weighted by molar-refractivity contribution is -0.138. The van der Waals surface area contributed by atoms with E-state index in [1.54, 1.807) is 0 Å². The second kappa shape index (κ2) is 5.05. The number of hydrogen-bond donors (Lipinski definition) is 2. The van der Waals surface area contributed by atoms with E-state index in [9.17, 15) is 9.59 Å². The van der Waals surface area contributed by atoms with Gasteiger partial charge in [0, 0.05) is 18.9 Å². The molecule has 4 nitrogen and oxygen atoms in total. The van der Waals surface area contributed by atoms with Crippen LogP contribution >= 0.6 is 0 Å². The highest BCUT2D eigenvalue weighted by Gasteiger charge is 2.59. The number of fused-ring (bicyclic) bond motifs is 2. The first-order chi connectivity index (χ1) is 9.15. The molecule has 2 aliphatic rings. The molecule has 2 fully saturated rings. The first-order valence-corrected chi connectivity index (χ1v) is 7.66. The van der Waals surface area contributed by atoms with Gasteiger partial charge in [-0.2, -0.15) is 0 Å². The summed E-state index contributed by atoms with van der Waals surface area (Å²) in [4.78, 5) is 22.9. The molecule has 4 heteroatoms. The molecule has 0 saturated heterocycles. The minimum Gasteiger partial charge on any atom is -0.481 e. The van der Waals surface area contributed by atoms with Crippen LogP contribution in [0.5, 0.6) is 0 Å². The zero-order valence-corrected chi connectivity index (χ0v) is 13.0. The average molecular weight is 281 g/mol. The predicted octanol–water partition coefficient (Wildman–Crippen LogP) is 2.82. The Labute approximate surface area is 121 Å². The SMILES string of the molecule is CC(CC(=O)O)CC(=O)NC1C2(C)CCC(C2)C1(C)C. The number of amides is 1. The van der Waals surface area contributed by atoms with Crippen molar-refractivity contribution in [2.45, 2.75) is 65.8 Å². The molecule has 4 atom stereocenters. The van der Waals surface area contributed by atoms with E-state index < -0.39 is 5.97 Å². The third-order valence-electron chi connectivity index (χ3n) is 5.63. The van der Waals surface area contributed by atoms with Gasteiger partial charge in [0.15, 0.2) is 0 Å². The Morgan fingerprint density at radius 1 is 1.30 bits per heavy atom. The van der Waals surface area contributed by atoms with Gasteiger partial charge in [0.25, 0.3) is 0 Å². The second-order valence-electron chi connectivity index (χ2n) is 7.82. The highest BCUT2D eigenvalue weighted by molar-refractivity contribution is 5.77. The third kappa shape index (κ3) is 2.70. The number of carboxylic acid groups (broad SMARTS) is 1. The van der Waals surface area contributed by atoms with Crippen molar-refractivity contribution in [3.63, 3.8) is 0 Å². The zero-order valence-electron chi connectivity index (χ0n) is 13.0. The first-order valence-electron chi connectivity index (χ1n) is 7.66. The zero-order chi connectivity index (χ0) is 15.1. The van der Waals surface area contributed by atoms with Crippen LogP contribution in [-0.2, 0) is 9.59 Å². The molecule has 114 valence electrons. The van der Waals surface area contributed by atoms with Gasteiger partial charge in [-0.05, 0) is 41.9 Å². The maximum absolute atomic E-state index is 12.2. The molecule has 20 heavy (non-hydrogen) atoms. The normalized spacial score (nSPS) is 35.8. The highest BCUT2D eigenvalue weighted by Crippen LogP contribution is 2.62. The number of aliphatic carboxylic acids is 1. The molecule has 2 aliphatic carbocycles. The number of carboxylic acids is 1. The number of rotatable bonds is 5. The summed E-state index contributed by atoms with van der Waals surface area (Å²) in [5, 5.41) is 12.0. The standard InChI is InChI=1S/C16H27NO3/c1-10(8-13(19)20)7-12(18)17-14-15(2,3)11-5-6-16(14,4)9-11/h10-11,14H,5-9H2,1-4H3,(H,17,18)(H,19,20). The fraction of sp³-hybridized carbons (Fsp3) is 0.875. The molecule has 0 spiro atoms. The Morgan fingerprint density at radius 3 is 2.45 bits per heavy atom. The summed E-state index contributed by atoms with van der Waals surface area (Å²) in [6.07, 6.45) is 4.03. The van der Waals surface area contributed by atoms with Gasteiger partial charge < -0.3 is 10.4 Å². The van der Waals surface area contributed by atoms with E-state index in [4.69, 9.17) is 5.11 Å². The maximum atomic E-state index is 12.2. The molecule has 0 heterocycles. The number of carbonyl (C=O) groups excluding carboxylic acids is 1. The first kappa shape index (κ1) is 15.3. The number of hydrogen-bond acceptors (Lipinski definition) is 2. The van der Waals surface area contributed by atoms with Gasteiger partial charge in [-0.3, -0.25) is 9.59 Å². The summed E-state index contributed by atoms with van der Waals surface area (Å²) in [5.41, 5.74) is 0.374. The molecule has 2 saturated carbocycles. The molecule has 0 aromatic rings. The van der Waals surface area contributed by atoms with E-state index in [2.05, 4.69) is 26.1 Å². The van der Waals surface area contributed by atoms with E-state index in [-0.39, 0.29) is 35.1 Å². The van der Waals surface area contributed by atoms with E-state index in [1.165, 1.54) is 19.3 Å². The van der Waals surface area contributed by atoms with Gasteiger partial charge in [0.05, 0.1) is 0 Å². The van der Waals surface area contributed by atoms with E-state index in [0.29, 0.717) is 12.3 Å². The van der Waals surface area contributed by atoms with Crippen molar-refractivity contribution in [2.75, 3.05) is 0 Å². The largest absolute Gasteiger partial charge is 0.481 e. The molecule has 0 aromatic carbocycles. The smallest absolute Gasteiger partial charge is 0.303 e. The molecule has 0 aliphatic heterocycles. The average Bonchev–Trinajstić information content (AvgIpc) is 2.74. The van der Waals surface area contributed by atoms with Crippen LogP contribution in [0.4, 0.5) is 0 Å². The Hall–Kier alpha value is -1.06. The number of carbonyl (C=O) groups is 2. The van der Waals surface area contributed by atoms with Crippen LogP contribution in [-0.4, -0.2) is 23.0 Å². The van der Waals surface area contributed by atoms with Gasteiger partial charge in [0.2, 0.25) is 5.91 Å². The lowest BCUT2D eigenvalue weighted by Crippen LogP contribution is -2.52. The topological polar surface area (TPSA) is 66.4 Å². The van der Waals surface area contributed by atoms with Crippen LogP contribution in [0.15, 0.2) is 0 Å². The predicted molar refractivity (Wildman–Crippen MR) is 77.2 cm³/mol. The van der Waals surface area contributed by atoms with Crippen molar-refractivity contribution < 1.29 is 14.7 Å². The Bertz CT molecular complexity index is 413. The molecule has 0 aromatic heterocycles. The van der Waals surface area contributed by atoms with Crippen molar-refractivity contribution in [2.24, 2.45) is 22.7 Å². The van der Waals surface area contributed by atoms with Gasteiger partial charge in [-0.15, -0.1) is 0 Å². The lowest BCUT2D eigenvalue weighted by Gasteiger charge is -2.43. The molecular formula is C16H27NO3. The van der Waals surface area contributed by atoms with Gasteiger partial charge >= 0.3 is 5.97 Å². The molecule has 2 rings (SSSR count). The Balaban J connectivity index is 1.96. The van der Waals surface area contributed by atoms with Gasteiger partial charge in [-0.25, -0.2) is 0 Å². The second-order valence-corrected chi connectivity index (χ2v) is 7.82. The summed E-state index contributed by atoms with van der Waals surface area (Å²) in [6.45, 7) is 8.62. The summed E-state index contributed by atoms with van der Waals surface area (Å²) in [6, 6.07) is 0.221. The van der Waals surface area contributed by atoms with Crippen LogP contribution in [0, 0.1) is 22.7 Å². The van der Waals surface area contributed by atoms with E-state index >= 15 is 0 Å². The van der Waals surface area contributed by atoms with Gasteiger partial charge in [0.1, 0.15) is 0 Å². The molecule has 1 amide bonds. The summed E-state index contributed by atoms with van der Waals surface area (Å²) in [7, 11) is 0. The van der Waals surface area contributed by atoms with Crippen LogP contribution in [0.1, 0.15) is 59.8 Å². The Kier molecular flexibility index (Phi) is 3.87. The van der Waals surface area contributed by atoms with Crippen LogP contribution in [0.2, 0.25) is 0 Å². The van der Waals surface area contributed by atoms with Crippen molar-refractivity contribution in [1.82, 2.24) is 5.32 Å². The summed E-state index contributed by atoms with van der Waals surface area (Å²) < 4.78 is 0. The third-order valence-corrected chi connectivity index (χ3v) is 5.63. The van der Waals surface area contributed by atoms with Crippen molar-refractivity contribution in [3.8, 4) is 0 Å². The minimum atomic E-state index is -0.836. The molecular weight excluding hydrogens is 254 g/mol. The number of nitrogens with one attached hydrogen (secondary N) is 1. The van der Waals surface area contributed by atoms with Crippen LogP contribution in [0.3, 0.4) is 0 Å². The van der Waals surface area contributed by atoms with E-state index in [0.717, 1.165) is 0 Å². The molecule has 0 radical (unpaired) electrons. The van der Waals surface area contributed by atoms with Crippen molar-refractivity contribution >= 4 is 11.9 Å². The molecule has 2 bridgehead atoms. The quantitative estimate of drug-likeness (QED) is 0.814. The fourth-order valence-corrected chi connectivity index (χ4v) is 4.57. The summed E-state index contributed by atoms with van der Waals surface area (Å²) in [5.74, 6) is -0.237. The Morgan fingerprint density at radius 2 is 1.95 bits per heavy atom. The highest BCUT2D eigenvalue weighted by atomic mass is 16.4. The van der Waals surface area contributed by atoms with Crippen molar-refractivity contribution in [1.29, 1.82) is 0 Å². The lowest BCUT2D eigenvalue weighted by atomic mass is 9.68. The fourth-order valence-electron chi connectivity index (χ4n) is 4.57. The molecule has 4 unspecified atom stereocenters. The molecule has 2 N–H and O–H groups in total. The maximum Gasteiger partial charge on any atom is 0.303 e. The van der Waals surface area contributed by atoms with Crippen LogP contribution in [0.25, 0.3) is 0 Å². The van der Waals surface area contributed by atoms with Crippen molar-refractivity contribution in [3.05, 3.63) is 0 Å². The monoisotopic (exact) mass is 281 g/mol. The summed E-state index contributed by atoms with van der Waals surface area (Å²) >= 11 is 0.